The van der Waals surface area contributed by atoms with E-state index in [1.807, 2.05) is 60.7 Å². The van der Waals surface area contributed by atoms with E-state index in [1.54, 1.807) is 18.7 Å². The molecule has 0 N–H and O–H groups in total. The monoisotopic (exact) mass is 395 g/mol. The molecule has 1 heterocycles. The minimum absolute atomic E-state index is 0.254. The van der Waals surface area contributed by atoms with Crippen LogP contribution in [0.15, 0.2) is 60.7 Å². The molecule has 1 amide bonds. The van der Waals surface area contributed by atoms with Crippen LogP contribution in [-0.2, 0) is 22.6 Å². The maximum absolute atomic E-state index is 13.1. The minimum Gasteiger partial charge on any atom is -0.448 e. The van der Waals surface area contributed by atoms with Crippen LogP contribution in [0.4, 0.5) is 0 Å². The number of carbonyl (C=O) groups excluding carboxylic acids is 2. The molecule has 0 fully saturated rings. The van der Waals surface area contributed by atoms with Crippen LogP contribution in [-0.4, -0.2) is 32.5 Å². The van der Waals surface area contributed by atoms with Crippen molar-refractivity contribution in [1.82, 2.24) is 14.5 Å². The lowest BCUT2D eigenvalue weighted by Crippen LogP contribution is -2.39. The number of hydrogen-bond acceptors (Lipinski definition) is 6. The predicted molar refractivity (Wildman–Crippen MR) is 107 cm³/mol. The number of hydrogen-bond donors (Lipinski definition) is 0. The van der Waals surface area contributed by atoms with Crippen molar-refractivity contribution in [3.05, 3.63) is 82.4 Å². The second kappa shape index (κ2) is 9.23. The maximum Gasteiger partial charge on any atom is 0.352 e. The van der Waals surface area contributed by atoms with Crippen molar-refractivity contribution in [2.24, 2.45) is 0 Å². The first-order valence-electron chi connectivity index (χ1n) is 8.91. The van der Waals surface area contributed by atoms with Crippen molar-refractivity contribution in [2.75, 3.05) is 0 Å². The first-order valence-corrected chi connectivity index (χ1v) is 9.68. The van der Waals surface area contributed by atoms with Crippen molar-refractivity contribution in [3.8, 4) is 0 Å². The van der Waals surface area contributed by atoms with Gasteiger partial charge in [0.15, 0.2) is 11.0 Å². The molecule has 1 atom stereocenters. The quantitative estimate of drug-likeness (QED) is 0.571. The van der Waals surface area contributed by atoms with Gasteiger partial charge < -0.3 is 9.64 Å². The molecular weight excluding hydrogens is 374 g/mol. The molecule has 0 saturated carbocycles. The van der Waals surface area contributed by atoms with E-state index in [-0.39, 0.29) is 5.91 Å². The molecule has 3 rings (SSSR count). The molecule has 3 aromatic rings. The van der Waals surface area contributed by atoms with Gasteiger partial charge in [-0.3, -0.25) is 4.79 Å². The number of ether oxygens (including phenoxy) is 1. The Morgan fingerprint density at radius 3 is 2.00 bits per heavy atom. The normalized spacial score (nSPS) is 11.6. The van der Waals surface area contributed by atoms with E-state index in [1.165, 1.54) is 0 Å². The van der Waals surface area contributed by atoms with Gasteiger partial charge in [0.1, 0.15) is 0 Å². The zero-order chi connectivity index (χ0) is 19.9. The summed E-state index contributed by atoms with van der Waals surface area (Å²) in [6.07, 6.45) is -0.915. The van der Waals surface area contributed by atoms with E-state index in [4.69, 9.17) is 4.74 Å². The van der Waals surface area contributed by atoms with E-state index in [0.29, 0.717) is 23.7 Å². The lowest BCUT2D eigenvalue weighted by molar-refractivity contribution is -0.141. The maximum atomic E-state index is 13.1. The molecule has 144 valence electrons. The van der Waals surface area contributed by atoms with Crippen LogP contribution in [0.1, 0.15) is 33.4 Å². The van der Waals surface area contributed by atoms with Crippen LogP contribution in [0.3, 0.4) is 0 Å². The average molecular weight is 395 g/mol. The summed E-state index contributed by atoms with van der Waals surface area (Å²) in [5.74, 6) is -0.830. The molecule has 7 heteroatoms. The Morgan fingerprint density at radius 1 is 1.00 bits per heavy atom. The number of esters is 1. The highest BCUT2D eigenvalue weighted by molar-refractivity contribution is 7.07. The minimum atomic E-state index is -0.915. The number of nitrogens with zero attached hydrogens (tertiary/aromatic N) is 3. The molecule has 2 aromatic carbocycles. The van der Waals surface area contributed by atoms with Crippen molar-refractivity contribution >= 4 is 23.4 Å². The second-order valence-electron chi connectivity index (χ2n) is 6.40. The van der Waals surface area contributed by atoms with Crippen LogP contribution in [0.2, 0.25) is 0 Å². The van der Waals surface area contributed by atoms with E-state index in [0.717, 1.165) is 22.7 Å². The molecule has 0 aliphatic rings. The number of aromatic nitrogens is 2. The lowest BCUT2D eigenvalue weighted by Gasteiger charge is -2.26. The molecule has 1 unspecified atom stereocenters. The summed E-state index contributed by atoms with van der Waals surface area (Å²) in [6.45, 7) is 4.13. The Balaban J connectivity index is 1.74. The molecule has 6 nitrogen and oxygen atoms in total. The molecule has 28 heavy (non-hydrogen) atoms. The molecule has 0 radical (unpaired) electrons. The third-order valence-corrected chi connectivity index (χ3v) is 5.02. The Labute approximate surface area is 167 Å². The van der Waals surface area contributed by atoms with E-state index >= 15 is 0 Å². The predicted octanol–water partition coefficient (Wildman–Crippen LogP) is 3.62. The molecule has 0 aliphatic heterocycles. The summed E-state index contributed by atoms with van der Waals surface area (Å²) < 4.78 is 9.13. The average Bonchev–Trinajstić information content (AvgIpc) is 3.14. The number of amides is 1. The van der Waals surface area contributed by atoms with Gasteiger partial charge in [-0.2, -0.15) is 0 Å². The van der Waals surface area contributed by atoms with Gasteiger partial charge in [-0.05, 0) is 36.5 Å². The van der Waals surface area contributed by atoms with Gasteiger partial charge in [0, 0.05) is 13.1 Å². The SMILES string of the molecule is Cc1nnsc1C(=O)OC(C)C(=O)N(Cc1ccccc1)Cc1ccccc1. The Morgan fingerprint density at radius 2 is 1.54 bits per heavy atom. The highest BCUT2D eigenvalue weighted by Crippen LogP contribution is 2.16. The van der Waals surface area contributed by atoms with Crippen molar-refractivity contribution in [2.45, 2.75) is 33.0 Å². The zero-order valence-electron chi connectivity index (χ0n) is 15.7. The number of aryl methyl sites for hydroxylation is 1. The summed E-state index contributed by atoms with van der Waals surface area (Å²) in [5, 5.41) is 3.81. The van der Waals surface area contributed by atoms with Gasteiger partial charge >= 0.3 is 5.97 Å². The van der Waals surface area contributed by atoms with E-state index in [2.05, 4.69) is 9.59 Å². The van der Waals surface area contributed by atoms with Crippen molar-refractivity contribution in [3.63, 3.8) is 0 Å². The fourth-order valence-electron chi connectivity index (χ4n) is 2.76. The highest BCUT2D eigenvalue weighted by Gasteiger charge is 2.26. The third kappa shape index (κ3) is 5.01. The van der Waals surface area contributed by atoms with Gasteiger partial charge in [0.25, 0.3) is 5.91 Å². The van der Waals surface area contributed by atoms with Gasteiger partial charge in [-0.1, -0.05) is 65.2 Å². The molecular formula is C21H21N3O3S. The van der Waals surface area contributed by atoms with Crippen molar-refractivity contribution in [1.29, 1.82) is 0 Å². The summed E-state index contributed by atoms with van der Waals surface area (Å²) in [5.41, 5.74) is 2.51. The fraction of sp³-hybridized carbons (Fsp3) is 0.238. The van der Waals surface area contributed by atoms with Gasteiger partial charge in [0.2, 0.25) is 0 Å². The Hall–Kier alpha value is -3.06. The van der Waals surface area contributed by atoms with Crippen LogP contribution < -0.4 is 0 Å². The van der Waals surface area contributed by atoms with E-state index in [9.17, 15) is 9.59 Å². The van der Waals surface area contributed by atoms with Gasteiger partial charge in [-0.15, -0.1) is 5.10 Å². The number of carbonyl (C=O) groups is 2. The summed E-state index contributed by atoms with van der Waals surface area (Å²) in [7, 11) is 0. The lowest BCUT2D eigenvalue weighted by atomic mass is 10.1. The molecule has 1 aromatic heterocycles. The van der Waals surface area contributed by atoms with Crippen LogP contribution in [0.5, 0.6) is 0 Å². The summed E-state index contributed by atoms with van der Waals surface area (Å²) in [4.78, 5) is 27.4. The summed E-state index contributed by atoms with van der Waals surface area (Å²) >= 11 is 0.964. The van der Waals surface area contributed by atoms with Gasteiger partial charge in [-0.25, -0.2) is 4.79 Å². The Kier molecular flexibility index (Phi) is 6.49. The first-order chi connectivity index (χ1) is 13.5. The molecule has 0 spiro atoms. The standard InChI is InChI=1S/C21H21N3O3S/c1-15-19(28-23-22-15)21(26)27-16(2)20(25)24(13-17-9-5-3-6-10-17)14-18-11-7-4-8-12-18/h3-12,16H,13-14H2,1-2H3. The second-order valence-corrected chi connectivity index (χ2v) is 7.15. The largest absolute Gasteiger partial charge is 0.448 e. The smallest absolute Gasteiger partial charge is 0.352 e. The molecule has 0 bridgehead atoms. The van der Waals surface area contributed by atoms with E-state index < -0.39 is 12.1 Å². The highest BCUT2D eigenvalue weighted by atomic mass is 32.1. The summed E-state index contributed by atoms with van der Waals surface area (Å²) in [6, 6.07) is 19.5. The Bertz CT molecular complexity index is 887. The fourth-order valence-corrected chi connectivity index (χ4v) is 3.30. The molecule has 0 aliphatic carbocycles. The molecule has 0 saturated heterocycles. The number of benzene rings is 2. The van der Waals surface area contributed by atoms with Crippen LogP contribution in [0, 0.1) is 6.92 Å². The first kappa shape index (κ1) is 19.7. The zero-order valence-corrected chi connectivity index (χ0v) is 16.6. The van der Waals surface area contributed by atoms with Crippen molar-refractivity contribution < 1.29 is 14.3 Å². The number of rotatable bonds is 7. The topological polar surface area (TPSA) is 72.4 Å². The van der Waals surface area contributed by atoms with Gasteiger partial charge in [0.05, 0.1) is 5.69 Å². The third-order valence-electron chi connectivity index (χ3n) is 4.21. The van der Waals surface area contributed by atoms with Crippen LogP contribution in [0.25, 0.3) is 0 Å². The van der Waals surface area contributed by atoms with Crippen LogP contribution >= 0.6 is 11.5 Å².